The molecular formula is C12H19N5O2. The second kappa shape index (κ2) is 5.16. The number of aromatic nitrogens is 3. The number of rotatable bonds is 4. The zero-order chi connectivity index (χ0) is 13.2. The van der Waals surface area contributed by atoms with Crippen LogP contribution in [0.2, 0.25) is 0 Å². The van der Waals surface area contributed by atoms with Gasteiger partial charge in [0.15, 0.2) is 0 Å². The van der Waals surface area contributed by atoms with Gasteiger partial charge in [-0.05, 0) is 19.8 Å². The van der Waals surface area contributed by atoms with E-state index in [1.165, 1.54) is 0 Å². The predicted molar refractivity (Wildman–Crippen MR) is 70.7 cm³/mol. The van der Waals surface area contributed by atoms with Gasteiger partial charge in [0, 0.05) is 20.1 Å². The SMILES string of the molecule is CCOc1nc(NC)nc(N2CC3CCC(C2)O3)n1. The summed E-state index contributed by atoms with van der Waals surface area (Å²) in [5, 5.41) is 2.94. The summed E-state index contributed by atoms with van der Waals surface area (Å²) in [6.45, 7) is 4.14. The molecule has 2 aliphatic rings. The predicted octanol–water partition coefficient (Wildman–Crippen LogP) is 0.680. The first-order chi connectivity index (χ1) is 9.28. The molecule has 2 atom stereocenters. The van der Waals surface area contributed by atoms with Gasteiger partial charge in [-0.3, -0.25) is 0 Å². The highest BCUT2D eigenvalue weighted by atomic mass is 16.5. The Hall–Kier alpha value is -1.63. The molecule has 2 unspecified atom stereocenters. The van der Waals surface area contributed by atoms with E-state index in [0.29, 0.717) is 36.7 Å². The van der Waals surface area contributed by atoms with Crippen LogP contribution in [0.4, 0.5) is 11.9 Å². The van der Waals surface area contributed by atoms with E-state index in [-0.39, 0.29) is 0 Å². The molecule has 0 aromatic carbocycles. The van der Waals surface area contributed by atoms with Gasteiger partial charge in [0.2, 0.25) is 11.9 Å². The van der Waals surface area contributed by atoms with Gasteiger partial charge >= 0.3 is 6.01 Å². The molecule has 1 aromatic heterocycles. The molecule has 2 fully saturated rings. The van der Waals surface area contributed by atoms with E-state index in [2.05, 4.69) is 25.2 Å². The molecule has 7 heteroatoms. The zero-order valence-corrected chi connectivity index (χ0v) is 11.3. The number of fused-ring (bicyclic) bond motifs is 2. The molecule has 0 aliphatic carbocycles. The van der Waals surface area contributed by atoms with Crippen LogP contribution in [-0.4, -0.2) is 53.9 Å². The van der Waals surface area contributed by atoms with Crippen molar-refractivity contribution < 1.29 is 9.47 Å². The summed E-state index contributed by atoms with van der Waals surface area (Å²) >= 11 is 0. The number of ether oxygens (including phenoxy) is 2. The van der Waals surface area contributed by atoms with Crippen molar-refractivity contribution in [3.05, 3.63) is 0 Å². The minimum Gasteiger partial charge on any atom is -0.464 e. The molecule has 0 saturated carbocycles. The monoisotopic (exact) mass is 265 g/mol. The first kappa shape index (κ1) is 12.4. The normalized spacial score (nSPS) is 25.5. The van der Waals surface area contributed by atoms with E-state index in [1.807, 2.05) is 6.92 Å². The van der Waals surface area contributed by atoms with Crippen LogP contribution < -0.4 is 15.0 Å². The summed E-state index contributed by atoms with van der Waals surface area (Å²) in [4.78, 5) is 15.1. The number of morpholine rings is 1. The Morgan fingerprint density at radius 3 is 2.63 bits per heavy atom. The van der Waals surface area contributed by atoms with Crippen LogP contribution in [0.1, 0.15) is 19.8 Å². The summed E-state index contributed by atoms with van der Waals surface area (Å²) in [5.41, 5.74) is 0. The zero-order valence-electron chi connectivity index (χ0n) is 11.3. The van der Waals surface area contributed by atoms with Gasteiger partial charge in [-0.15, -0.1) is 0 Å². The quantitative estimate of drug-likeness (QED) is 0.858. The standard InChI is InChI=1S/C12H19N5O2/c1-3-18-12-15-10(13-2)14-11(16-12)17-6-8-4-5-9(7-17)19-8/h8-9H,3-7H2,1-2H3,(H,13,14,15,16). The molecule has 0 spiro atoms. The van der Waals surface area contributed by atoms with Crippen molar-refractivity contribution in [2.75, 3.05) is 37.0 Å². The van der Waals surface area contributed by atoms with Crippen molar-refractivity contribution >= 4 is 11.9 Å². The van der Waals surface area contributed by atoms with Crippen molar-refractivity contribution in [3.63, 3.8) is 0 Å². The lowest BCUT2D eigenvalue weighted by Gasteiger charge is -2.32. The molecule has 3 heterocycles. The van der Waals surface area contributed by atoms with E-state index >= 15 is 0 Å². The number of anilines is 2. The Labute approximate surface area is 112 Å². The van der Waals surface area contributed by atoms with Crippen molar-refractivity contribution in [2.24, 2.45) is 0 Å². The second-order valence-corrected chi connectivity index (χ2v) is 4.79. The Kier molecular flexibility index (Phi) is 3.37. The van der Waals surface area contributed by atoms with Crippen LogP contribution in [0.15, 0.2) is 0 Å². The third kappa shape index (κ3) is 2.56. The maximum absolute atomic E-state index is 5.82. The summed E-state index contributed by atoms with van der Waals surface area (Å²) in [6, 6.07) is 0.371. The van der Waals surface area contributed by atoms with Crippen molar-refractivity contribution in [1.29, 1.82) is 0 Å². The van der Waals surface area contributed by atoms with Gasteiger partial charge in [0.25, 0.3) is 0 Å². The van der Waals surface area contributed by atoms with Crippen LogP contribution in [0.5, 0.6) is 6.01 Å². The maximum Gasteiger partial charge on any atom is 0.323 e. The van der Waals surface area contributed by atoms with Gasteiger partial charge in [-0.25, -0.2) is 0 Å². The maximum atomic E-state index is 5.82. The van der Waals surface area contributed by atoms with Crippen molar-refractivity contribution in [2.45, 2.75) is 32.0 Å². The van der Waals surface area contributed by atoms with Crippen LogP contribution in [-0.2, 0) is 4.74 Å². The lowest BCUT2D eigenvalue weighted by molar-refractivity contribution is 0.0298. The van der Waals surface area contributed by atoms with E-state index in [9.17, 15) is 0 Å². The summed E-state index contributed by atoms with van der Waals surface area (Å²) in [6.07, 6.45) is 2.88. The smallest absolute Gasteiger partial charge is 0.323 e. The highest BCUT2D eigenvalue weighted by Crippen LogP contribution is 2.28. The summed E-state index contributed by atoms with van der Waals surface area (Å²) in [5.74, 6) is 1.20. The summed E-state index contributed by atoms with van der Waals surface area (Å²) in [7, 11) is 1.79. The van der Waals surface area contributed by atoms with E-state index in [4.69, 9.17) is 9.47 Å². The number of nitrogens with one attached hydrogen (secondary N) is 1. The fraction of sp³-hybridized carbons (Fsp3) is 0.750. The molecule has 2 saturated heterocycles. The van der Waals surface area contributed by atoms with E-state index < -0.39 is 0 Å². The minimum atomic E-state index is 0.309. The van der Waals surface area contributed by atoms with Crippen molar-refractivity contribution in [3.8, 4) is 6.01 Å². The van der Waals surface area contributed by atoms with Crippen LogP contribution >= 0.6 is 0 Å². The average Bonchev–Trinajstić information content (AvgIpc) is 2.77. The van der Waals surface area contributed by atoms with E-state index in [0.717, 1.165) is 25.9 Å². The molecule has 2 aliphatic heterocycles. The lowest BCUT2D eigenvalue weighted by atomic mass is 10.2. The lowest BCUT2D eigenvalue weighted by Crippen LogP contribution is -2.43. The molecule has 2 bridgehead atoms. The first-order valence-electron chi connectivity index (χ1n) is 6.75. The van der Waals surface area contributed by atoms with Gasteiger partial charge in [0.05, 0.1) is 18.8 Å². The fourth-order valence-electron chi connectivity index (χ4n) is 2.57. The molecule has 3 rings (SSSR count). The topological polar surface area (TPSA) is 72.4 Å². The largest absolute Gasteiger partial charge is 0.464 e. The van der Waals surface area contributed by atoms with Crippen LogP contribution in [0, 0.1) is 0 Å². The molecule has 7 nitrogen and oxygen atoms in total. The fourth-order valence-corrected chi connectivity index (χ4v) is 2.57. The first-order valence-corrected chi connectivity index (χ1v) is 6.75. The Morgan fingerprint density at radius 2 is 2.00 bits per heavy atom. The van der Waals surface area contributed by atoms with Crippen LogP contribution in [0.25, 0.3) is 0 Å². The van der Waals surface area contributed by atoms with Crippen LogP contribution in [0.3, 0.4) is 0 Å². The minimum absolute atomic E-state index is 0.309. The summed E-state index contributed by atoms with van der Waals surface area (Å²) < 4.78 is 11.2. The van der Waals surface area contributed by atoms with Gasteiger partial charge in [-0.1, -0.05) is 0 Å². The molecule has 19 heavy (non-hydrogen) atoms. The Morgan fingerprint density at radius 1 is 1.26 bits per heavy atom. The highest BCUT2D eigenvalue weighted by Gasteiger charge is 2.35. The average molecular weight is 265 g/mol. The number of nitrogens with zero attached hydrogens (tertiary/aromatic N) is 4. The van der Waals surface area contributed by atoms with E-state index in [1.54, 1.807) is 7.05 Å². The second-order valence-electron chi connectivity index (χ2n) is 4.79. The molecule has 104 valence electrons. The molecule has 1 N–H and O–H groups in total. The van der Waals surface area contributed by atoms with Crippen molar-refractivity contribution in [1.82, 2.24) is 15.0 Å². The molecule has 0 amide bonds. The van der Waals surface area contributed by atoms with Gasteiger partial charge < -0.3 is 19.7 Å². The molecular weight excluding hydrogens is 246 g/mol. The number of hydrogen-bond donors (Lipinski definition) is 1. The van der Waals surface area contributed by atoms with Gasteiger partial charge in [0.1, 0.15) is 0 Å². The number of hydrogen-bond acceptors (Lipinski definition) is 7. The molecule has 0 radical (unpaired) electrons. The third-order valence-electron chi connectivity index (χ3n) is 3.43. The Bertz CT molecular complexity index is 444. The third-order valence-corrected chi connectivity index (χ3v) is 3.43. The molecule has 1 aromatic rings. The van der Waals surface area contributed by atoms with Gasteiger partial charge in [-0.2, -0.15) is 15.0 Å². The highest BCUT2D eigenvalue weighted by molar-refractivity contribution is 5.39. The Balaban J connectivity index is 1.84.